The van der Waals surface area contributed by atoms with E-state index < -0.39 is 9.84 Å². The second-order valence-corrected chi connectivity index (χ2v) is 7.01. The van der Waals surface area contributed by atoms with Gasteiger partial charge in [0, 0.05) is 26.4 Å². The van der Waals surface area contributed by atoms with Crippen molar-refractivity contribution in [3.05, 3.63) is 35.6 Å². The highest BCUT2D eigenvalue weighted by molar-refractivity contribution is 14.0. The van der Waals surface area contributed by atoms with Gasteiger partial charge in [-0.3, -0.25) is 4.99 Å². The first-order valence-electron chi connectivity index (χ1n) is 6.78. The first-order valence-corrected chi connectivity index (χ1v) is 8.84. The Balaban J connectivity index is 0.00000441. The molecule has 2 N–H and O–H groups in total. The van der Waals surface area contributed by atoms with Crippen LogP contribution in [0.3, 0.4) is 0 Å². The smallest absolute Gasteiger partial charge is 0.190 e. The highest BCUT2D eigenvalue weighted by atomic mass is 127. The van der Waals surface area contributed by atoms with E-state index in [0.29, 0.717) is 37.5 Å². The molecule has 8 heteroatoms. The number of halogens is 2. The zero-order valence-electron chi connectivity index (χ0n) is 12.8. The molecule has 0 radical (unpaired) electrons. The molecule has 0 saturated carbocycles. The van der Waals surface area contributed by atoms with Crippen molar-refractivity contribution in [2.45, 2.75) is 12.8 Å². The fourth-order valence-electron chi connectivity index (χ4n) is 1.78. The first kappa shape index (κ1) is 21.1. The molecule has 1 aromatic rings. The lowest BCUT2D eigenvalue weighted by atomic mass is 10.1. The number of nitrogens with zero attached hydrogens (tertiary/aromatic N) is 1. The zero-order chi connectivity index (χ0) is 15.7. The Kier molecular flexibility index (Phi) is 10.3. The Labute approximate surface area is 148 Å². The number of guanidine groups is 1. The summed E-state index contributed by atoms with van der Waals surface area (Å²) in [5.41, 5.74) is 0.650. The third-order valence-corrected chi connectivity index (χ3v) is 3.88. The van der Waals surface area contributed by atoms with Gasteiger partial charge in [-0.15, -0.1) is 24.0 Å². The Bertz CT molecular complexity index is 579. The molecule has 0 amide bonds. The lowest BCUT2D eigenvalue weighted by molar-refractivity contribution is 0.598. The molecule has 0 spiro atoms. The van der Waals surface area contributed by atoms with Crippen molar-refractivity contribution in [3.63, 3.8) is 0 Å². The van der Waals surface area contributed by atoms with Gasteiger partial charge in [-0.05, 0) is 24.5 Å². The number of aliphatic imine (C=N–C) groups is 1. The average molecular weight is 443 g/mol. The molecule has 0 bridgehead atoms. The number of sulfone groups is 1. The van der Waals surface area contributed by atoms with E-state index in [1.54, 1.807) is 25.2 Å². The summed E-state index contributed by atoms with van der Waals surface area (Å²) in [4.78, 5) is 4.03. The second-order valence-electron chi connectivity index (χ2n) is 4.75. The average Bonchev–Trinajstić information content (AvgIpc) is 2.42. The number of rotatable bonds is 7. The predicted octanol–water partition coefficient (Wildman–Crippen LogP) is 1.59. The van der Waals surface area contributed by atoms with Crippen molar-refractivity contribution in [1.82, 2.24) is 10.6 Å². The Morgan fingerprint density at radius 2 is 1.86 bits per heavy atom. The van der Waals surface area contributed by atoms with Crippen molar-refractivity contribution in [2.24, 2.45) is 4.99 Å². The maximum Gasteiger partial charge on any atom is 0.190 e. The molecule has 0 aliphatic rings. The standard InChI is InChI=1S/C14H22FN3O2S.HI/c1-16-14(17-9-5-11-21(2,19)20)18-10-8-12-6-3-4-7-13(12)15;/h3-4,6-7H,5,8-11H2,1-2H3,(H2,16,17,18);1H. The van der Waals surface area contributed by atoms with Crippen LogP contribution in [-0.2, 0) is 16.3 Å². The molecule has 0 heterocycles. The third kappa shape index (κ3) is 9.19. The molecule has 0 atom stereocenters. The molecule has 0 aliphatic carbocycles. The molecule has 0 saturated heterocycles. The summed E-state index contributed by atoms with van der Waals surface area (Å²) in [5.74, 6) is 0.516. The summed E-state index contributed by atoms with van der Waals surface area (Å²) in [6.45, 7) is 1.07. The molecule has 5 nitrogen and oxygen atoms in total. The van der Waals surface area contributed by atoms with Gasteiger partial charge in [-0.1, -0.05) is 18.2 Å². The van der Waals surface area contributed by atoms with Crippen LogP contribution in [0.15, 0.2) is 29.3 Å². The minimum absolute atomic E-state index is 0. The molecule has 1 aromatic carbocycles. The summed E-state index contributed by atoms with van der Waals surface area (Å²) in [7, 11) is -1.29. The first-order chi connectivity index (χ1) is 9.92. The highest BCUT2D eigenvalue weighted by Gasteiger charge is 2.03. The van der Waals surface area contributed by atoms with Gasteiger partial charge in [0.2, 0.25) is 0 Å². The van der Waals surface area contributed by atoms with Gasteiger partial charge >= 0.3 is 0 Å². The van der Waals surface area contributed by atoms with Crippen LogP contribution in [0.4, 0.5) is 4.39 Å². The van der Waals surface area contributed by atoms with Crippen LogP contribution in [0.25, 0.3) is 0 Å². The van der Waals surface area contributed by atoms with Crippen LogP contribution in [0.2, 0.25) is 0 Å². The number of hydrogen-bond donors (Lipinski definition) is 2. The summed E-state index contributed by atoms with van der Waals surface area (Å²) < 4.78 is 35.4. The van der Waals surface area contributed by atoms with E-state index in [4.69, 9.17) is 0 Å². The maximum absolute atomic E-state index is 13.4. The normalized spacial score (nSPS) is 11.7. The largest absolute Gasteiger partial charge is 0.356 e. The molecule has 0 aromatic heterocycles. The highest BCUT2D eigenvalue weighted by Crippen LogP contribution is 2.05. The van der Waals surface area contributed by atoms with Crippen molar-refractivity contribution in [2.75, 3.05) is 32.1 Å². The molecule has 126 valence electrons. The van der Waals surface area contributed by atoms with Crippen LogP contribution in [0.5, 0.6) is 0 Å². The van der Waals surface area contributed by atoms with Gasteiger partial charge < -0.3 is 10.6 Å². The fraction of sp³-hybridized carbons (Fsp3) is 0.500. The maximum atomic E-state index is 13.4. The van der Waals surface area contributed by atoms with Crippen LogP contribution in [0.1, 0.15) is 12.0 Å². The van der Waals surface area contributed by atoms with Crippen molar-refractivity contribution in [1.29, 1.82) is 0 Å². The van der Waals surface area contributed by atoms with Crippen molar-refractivity contribution in [3.8, 4) is 0 Å². The number of nitrogens with one attached hydrogen (secondary N) is 2. The zero-order valence-corrected chi connectivity index (χ0v) is 15.9. The van der Waals surface area contributed by atoms with Crippen LogP contribution in [0, 0.1) is 5.82 Å². The topological polar surface area (TPSA) is 70.6 Å². The Morgan fingerprint density at radius 1 is 1.23 bits per heavy atom. The van der Waals surface area contributed by atoms with E-state index in [-0.39, 0.29) is 35.5 Å². The molecular weight excluding hydrogens is 420 g/mol. The SMILES string of the molecule is CN=C(NCCCS(C)(=O)=O)NCCc1ccccc1F.I. The minimum atomic E-state index is -2.93. The van der Waals surface area contributed by atoms with Crippen LogP contribution >= 0.6 is 24.0 Å². The fourth-order valence-corrected chi connectivity index (χ4v) is 2.45. The summed E-state index contributed by atoms with van der Waals surface area (Å²) >= 11 is 0. The van der Waals surface area contributed by atoms with Crippen LogP contribution < -0.4 is 10.6 Å². The Hall–Kier alpha value is -0.900. The van der Waals surface area contributed by atoms with Gasteiger partial charge in [-0.2, -0.15) is 0 Å². The molecular formula is C14H23FIN3O2S. The lowest BCUT2D eigenvalue weighted by Crippen LogP contribution is -2.39. The molecule has 22 heavy (non-hydrogen) atoms. The second kappa shape index (κ2) is 10.8. The number of benzene rings is 1. The number of hydrogen-bond acceptors (Lipinski definition) is 3. The van der Waals surface area contributed by atoms with Gasteiger partial charge in [0.1, 0.15) is 15.7 Å². The molecule has 0 aliphatic heterocycles. The van der Waals surface area contributed by atoms with Gasteiger partial charge in [0.15, 0.2) is 5.96 Å². The summed E-state index contributed by atoms with van der Waals surface area (Å²) in [5, 5.41) is 6.09. The van der Waals surface area contributed by atoms with E-state index in [9.17, 15) is 12.8 Å². The lowest BCUT2D eigenvalue weighted by Gasteiger charge is -2.11. The predicted molar refractivity (Wildman–Crippen MR) is 99.2 cm³/mol. The Morgan fingerprint density at radius 3 is 2.45 bits per heavy atom. The van der Waals surface area contributed by atoms with Crippen molar-refractivity contribution >= 4 is 39.8 Å². The van der Waals surface area contributed by atoms with E-state index in [0.717, 1.165) is 0 Å². The monoisotopic (exact) mass is 443 g/mol. The molecule has 0 unspecified atom stereocenters. The summed E-state index contributed by atoms with van der Waals surface area (Å²) in [6, 6.07) is 6.65. The van der Waals surface area contributed by atoms with E-state index in [2.05, 4.69) is 15.6 Å². The molecule has 0 fully saturated rings. The summed E-state index contributed by atoms with van der Waals surface area (Å²) in [6.07, 6.45) is 2.29. The van der Waals surface area contributed by atoms with Gasteiger partial charge in [0.25, 0.3) is 0 Å². The quantitative estimate of drug-likeness (QED) is 0.291. The van der Waals surface area contributed by atoms with Gasteiger partial charge in [0.05, 0.1) is 5.75 Å². The van der Waals surface area contributed by atoms with Crippen LogP contribution in [-0.4, -0.2) is 46.5 Å². The third-order valence-electron chi connectivity index (χ3n) is 2.85. The minimum Gasteiger partial charge on any atom is -0.356 e. The van der Waals surface area contributed by atoms with Gasteiger partial charge in [-0.25, -0.2) is 12.8 Å². The van der Waals surface area contributed by atoms with E-state index >= 15 is 0 Å². The van der Waals surface area contributed by atoms with Crippen molar-refractivity contribution < 1.29 is 12.8 Å². The molecule has 1 rings (SSSR count). The van der Waals surface area contributed by atoms with E-state index in [1.807, 2.05) is 0 Å². The van der Waals surface area contributed by atoms with E-state index in [1.165, 1.54) is 12.3 Å².